The molecule has 21 heavy (non-hydrogen) atoms. The zero-order chi connectivity index (χ0) is 15.4. The highest BCUT2D eigenvalue weighted by Crippen LogP contribution is 2.36. The van der Waals surface area contributed by atoms with E-state index in [0.29, 0.717) is 27.4 Å². The van der Waals surface area contributed by atoms with Crippen molar-refractivity contribution in [1.82, 2.24) is 0 Å². The maximum atomic E-state index is 13.2. The van der Waals surface area contributed by atoms with E-state index >= 15 is 0 Å². The lowest BCUT2D eigenvalue weighted by atomic mass is 10.2. The number of methoxy groups -OCH3 is 1. The summed E-state index contributed by atoms with van der Waals surface area (Å²) in [5, 5.41) is 1.03. The molecule has 0 bridgehead atoms. The number of hydrogen-bond donors (Lipinski definition) is 0. The molecule has 0 saturated heterocycles. The number of hydrogen-bond acceptors (Lipinski definition) is 2. The van der Waals surface area contributed by atoms with Gasteiger partial charge in [0.1, 0.15) is 18.2 Å². The van der Waals surface area contributed by atoms with Crippen LogP contribution >= 0.6 is 27.5 Å². The Balaban J connectivity index is 2.26. The number of alkyl halides is 1. The van der Waals surface area contributed by atoms with Crippen molar-refractivity contribution in [2.45, 2.75) is 11.9 Å². The van der Waals surface area contributed by atoms with Crippen LogP contribution in [0, 0.1) is 11.6 Å². The molecule has 112 valence electrons. The molecule has 0 aliphatic rings. The van der Waals surface area contributed by atoms with Gasteiger partial charge in [-0.15, -0.1) is 0 Å². The smallest absolute Gasteiger partial charge is 0.165 e. The van der Waals surface area contributed by atoms with Gasteiger partial charge in [0.05, 0.1) is 7.11 Å². The van der Waals surface area contributed by atoms with E-state index in [1.165, 1.54) is 19.2 Å². The number of halogens is 4. The Morgan fingerprint density at radius 2 is 1.76 bits per heavy atom. The van der Waals surface area contributed by atoms with Crippen LogP contribution in [0.5, 0.6) is 11.5 Å². The Bertz CT molecular complexity index is 604. The normalized spacial score (nSPS) is 10.5. The standard InChI is InChI=1S/C15H12BrClF2O2/c1-20-14-5-11(17)4-10(7-16)15(14)21-8-9-2-12(18)6-13(19)3-9/h2-6H,7-8H2,1H3. The van der Waals surface area contributed by atoms with Crippen LogP contribution in [0.4, 0.5) is 8.78 Å². The summed E-state index contributed by atoms with van der Waals surface area (Å²) in [7, 11) is 1.50. The van der Waals surface area contributed by atoms with Crippen molar-refractivity contribution in [2.75, 3.05) is 7.11 Å². The largest absolute Gasteiger partial charge is 0.493 e. The minimum absolute atomic E-state index is 0.0205. The lowest BCUT2D eigenvalue weighted by molar-refractivity contribution is 0.281. The minimum Gasteiger partial charge on any atom is -0.493 e. The zero-order valence-corrected chi connectivity index (χ0v) is 13.5. The zero-order valence-electron chi connectivity index (χ0n) is 11.1. The van der Waals surface area contributed by atoms with Gasteiger partial charge < -0.3 is 9.47 Å². The third-order valence-corrected chi connectivity index (χ3v) is 3.59. The molecule has 2 nitrogen and oxygen atoms in total. The van der Waals surface area contributed by atoms with Crippen molar-refractivity contribution in [1.29, 1.82) is 0 Å². The maximum Gasteiger partial charge on any atom is 0.165 e. The molecule has 0 aliphatic carbocycles. The van der Waals surface area contributed by atoms with Crippen molar-refractivity contribution in [3.8, 4) is 11.5 Å². The van der Waals surface area contributed by atoms with Gasteiger partial charge in [-0.1, -0.05) is 27.5 Å². The molecule has 0 unspecified atom stereocenters. The topological polar surface area (TPSA) is 18.5 Å². The summed E-state index contributed by atoms with van der Waals surface area (Å²) in [5.74, 6) is -0.327. The van der Waals surface area contributed by atoms with E-state index in [-0.39, 0.29) is 6.61 Å². The number of rotatable bonds is 5. The Morgan fingerprint density at radius 1 is 1.10 bits per heavy atom. The second-order valence-electron chi connectivity index (χ2n) is 4.30. The summed E-state index contributed by atoms with van der Waals surface area (Å²) in [5.41, 5.74) is 1.18. The molecule has 0 aliphatic heterocycles. The van der Waals surface area contributed by atoms with E-state index in [1.54, 1.807) is 12.1 Å². The maximum absolute atomic E-state index is 13.2. The van der Waals surface area contributed by atoms with Gasteiger partial charge in [-0.2, -0.15) is 0 Å². The number of benzene rings is 2. The second kappa shape index (κ2) is 7.09. The van der Waals surface area contributed by atoms with Crippen molar-refractivity contribution in [2.24, 2.45) is 0 Å². The molecule has 0 saturated carbocycles. The van der Waals surface area contributed by atoms with Gasteiger partial charge in [-0.3, -0.25) is 0 Å². The van der Waals surface area contributed by atoms with Crippen LogP contribution in [0.25, 0.3) is 0 Å². The Kier molecular flexibility index (Phi) is 5.42. The molecule has 0 spiro atoms. The van der Waals surface area contributed by atoms with Crippen molar-refractivity contribution in [3.05, 3.63) is 58.1 Å². The van der Waals surface area contributed by atoms with Gasteiger partial charge in [-0.25, -0.2) is 8.78 Å². The molecular weight excluding hydrogens is 366 g/mol. The van der Waals surface area contributed by atoms with E-state index in [4.69, 9.17) is 21.1 Å². The van der Waals surface area contributed by atoms with Gasteiger partial charge in [0.25, 0.3) is 0 Å². The first-order valence-electron chi connectivity index (χ1n) is 6.03. The average Bonchev–Trinajstić information content (AvgIpc) is 2.43. The van der Waals surface area contributed by atoms with Crippen LogP contribution < -0.4 is 9.47 Å². The highest BCUT2D eigenvalue weighted by molar-refractivity contribution is 9.08. The highest BCUT2D eigenvalue weighted by Gasteiger charge is 2.13. The average molecular weight is 378 g/mol. The predicted octanol–water partition coefficient (Wildman–Crippen LogP) is 5.10. The van der Waals surface area contributed by atoms with E-state index in [2.05, 4.69) is 15.9 Å². The molecule has 2 aromatic rings. The van der Waals surface area contributed by atoms with Gasteiger partial charge in [0.15, 0.2) is 11.5 Å². The number of ether oxygens (including phenoxy) is 2. The first kappa shape index (κ1) is 16.0. The van der Waals surface area contributed by atoms with E-state index in [1.807, 2.05) is 0 Å². The quantitative estimate of drug-likeness (QED) is 0.675. The Labute approximate surface area is 134 Å². The first-order valence-corrected chi connectivity index (χ1v) is 7.53. The lowest BCUT2D eigenvalue weighted by Gasteiger charge is -2.15. The molecule has 0 N–H and O–H groups in total. The predicted molar refractivity (Wildman–Crippen MR) is 81.3 cm³/mol. The SMILES string of the molecule is COc1cc(Cl)cc(CBr)c1OCc1cc(F)cc(F)c1. The molecule has 0 fully saturated rings. The monoisotopic (exact) mass is 376 g/mol. The highest BCUT2D eigenvalue weighted by atomic mass is 79.9. The van der Waals surface area contributed by atoms with E-state index in [9.17, 15) is 8.78 Å². The summed E-state index contributed by atoms with van der Waals surface area (Å²) in [4.78, 5) is 0. The van der Waals surface area contributed by atoms with Crippen LogP contribution in [0.3, 0.4) is 0 Å². The van der Waals surface area contributed by atoms with E-state index in [0.717, 1.165) is 11.6 Å². The fourth-order valence-corrected chi connectivity index (χ4v) is 2.53. The van der Waals surface area contributed by atoms with E-state index < -0.39 is 11.6 Å². The Morgan fingerprint density at radius 3 is 2.33 bits per heavy atom. The van der Waals surface area contributed by atoms with Crippen LogP contribution in [0.15, 0.2) is 30.3 Å². The summed E-state index contributed by atoms with van der Waals surface area (Å²) in [6.45, 7) is 0.0205. The van der Waals surface area contributed by atoms with Crippen LogP contribution in [-0.4, -0.2) is 7.11 Å². The first-order chi connectivity index (χ1) is 10.0. The molecule has 0 atom stereocenters. The molecule has 0 aromatic heterocycles. The van der Waals surface area contributed by atoms with Gasteiger partial charge >= 0.3 is 0 Å². The third-order valence-electron chi connectivity index (χ3n) is 2.77. The third kappa shape index (κ3) is 4.08. The minimum atomic E-state index is -0.641. The van der Waals surface area contributed by atoms with Crippen molar-refractivity contribution < 1.29 is 18.3 Å². The Hall–Kier alpha value is -1.33. The molecule has 0 heterocycles. The fraction of sp³-hybridized carbons (Fsp3) is 0.200. The van der Waals surface area contributed by atoms with Gasteiger partial charge in [-0.05, 0) is 23.8 Å². The molecule has 2 rings (SSSR count). The molecule has 0 radical (unpaired) electrons. The van der Waals surface area contributed by atoms with Crippen LogP contribution in [-0.2, 0) is 11.9 Å². The fourth-order valence-electron chi connectivity index (χ4n) is 1.89. The second-order valence-corrected chi connectivity index (χ2v) is 5.29. The lowest BCUT2D eigenvalue weighted by Crippen LogP contribution is -2.01. The van der Waals surface area contributed by atoms with Gasteiger partial charge in [0.2, 0.25) is 0 Å². The summed E-state index contributed by atoms with van der Waals surface area (Å²) < 4.78 is 37.2. The van der Waals surface area contributed by atoms with Crippen molar-refractivity contribution >= 4 is 27.5 Å². The van der Waals surface area contributed by atoms with Crippen LogP contribution in [0.1, 0.15) is 11.1 Å². The van der Waals surface area contributed by atoms with Gasteiger partial charge in [0, 0.05) is 28.0 Å². The molecule has 6 heteroatoms. The molecule has 2 aromatic carbocycles. The summed E-state index contributed by atoms with van der Waals surface area (Å²) in [6.07, 6.45) is 0. The molecular formula is C15H12BrClF2O2. The summed E-state index contributed by atoms with van der Waals surface area (Å²) >= 11 is 9.32. The van der Waals surface area contributed by atoms with Crippen LogP contribution in [0.2, 0.25) is 5.02 Å². The van der Waals surface area contributed by atoms with Crippen molar-refractivity contribution in [3.63, 3.8) is 0 Å². The molecule has 0 amide bonds. The summed E-state index contributed by atoms with van der Waals surface area (Å²) in [6, 6.07) is 6.62.